The number of phenolic OH excluding ortho intramolecular Hbond substituents is 1. The van der Waals surface area contributed by atoms with Crippen LogP contribution in [0, 0.1) is 17.3 Å². The van der Waals surface area contributed by atoms with Gasteiger partial charge >= 0.3 is 0 Å². The molecule has 3 heteroatoms. The fourth-order valence-electron chi connectivity index (χ4n) is 5.16. The third-order valence-electron chi connectivity index (χ3n) is 6.58. The van der Waals surface area contributed by atoms with Crippen molar-refractivity contribution in [3.8, 4) is 5.75 Å². The molecule has 0 saturated heterocycles. The lowest BCUT2D eigenvalue weighted by atomic mass is 9.52. The van der Waals surface area contributed by atoms with E-state index < -0.39 is 0 Å². The van der Waals surface area contributed by atoms with Crippen molar-refractivity contribution in [1.29, 1.82) is 0 Å². The van der Waals surface area contributed by atoms with E-state index in [-0.39, 0.29) is 11.5 Å². The van der Waals surface area contributed by atoms with Gasteiger partial charge in [0.25, 0.3) is 0 Å². The standard InChI is InChI=1S/C19H29NO2/c1-12(21)19(2)9-7-16-15-6-4-14(22)11-13(15)3-5-17(16)18(19)8-10-20/h4,6,11-12,16-18,21-22H,3,5,7-10,20H2,1-2H3/t12-,16-,17-,18+,19-/m1/s1. The van der Waals surface area contributed by atoms with Gasteiger partial charge in [-0.3, -0.25) is 0 Å². The van der Waals surface area contributed by atoms with Gasteiger partial charge in [-0.05, 0) is 92.0 Å². The largest absolute Gasteiger partial charge is 0.508 e. The first kappa shape index (κ1) is 15.8. The second-order valence-corrected chi connectivity index (χ2v) is 7.60. The summed E-state index contributed by atoms with van der Waals surface area (Å²) < 4.78 is 0. The third-order valence-corrected chi connectivity index (χ3v) is 6.58. The first-order valence-electron chi connectivity index (χ1n) is 8.67. The molecule has 5 atom stereocenters. The molecule has 3 rings (SSSR count). The smallest absolute Gasteiger partial charge is 0.115 e. The van der Waals surface area contributed by atoms with Gasteiger partial charge in [-0.2, -0.15) is 0 Å². The monoisotopic (exact) mass is 303 g/mol. The van der Waals surface area contributed by atoms with Crippen LogP contribution in [0.2, 0.25) is 0 Å². The Kier molecular flexibility index (Phi) is 4.21. The average molecular weight is 303 g/mol. The van der Waals surface area contributed by atoms with E-state index in [1.54, 1.807) is 0 Å². The van der Waals surface area contributed by atoms with Crippen molar-refractivity contribution in [2.75, 3.05) is 6.54 Å². The van der Waals surface area contributed by atoms with Crippen LogP contribution in [0.4, 0.5) is 0 Å². The highest BCUT2D eigenvalue weighted by molar-refractivity contribution is 5.40. The molecule has 1 saturated carbocycles. The van der Waals surface area contributed by atoms with E-state index in [0.717, 1.165) is 32.1 Å². The molecule has 22 heavy (non-hydrogen) atoms. The van der Waals surface area contributed by atoms with Gasteiger partial charge in [0.2, 0.25) is 0 Å². The van der Waals surface area contributed by atoms with Gasteiger partial charge < -0.3 is 15.9 Å². The van der Waals surface area contributed by atoms with Gasteiger partial charge in [-0.25, -0.2) is 0 Å². The number of aromatic hydroxyl groups is 1. The zero-order chi connectivity index (χ0) is 15.9. The lowest BCUT2D eigenvalue weighted by molar-refractivity contribution is -0.0622. The number of phenols is 1. The third kappa shape index (κ3) is 2.44. The normalized spacial score (nSPS) is 35.5. The average Bonchev–Trinajstić information content (AvgIpc) is 2.49. The Morgan fingerprint density at radius 2 is 2.14 bits per heavy atom. The van der Waals surface area contributed by atoms with E-state index in [0.29, 0.717) is 30.0 Å². The fourth-order valence-corrected chi connectivity index (χ4v) is 5.16. The van der Waals surface area contributed by atoms with Gasteiger partial charge in [-0.1, -0.05) is 13.0 Å². The topological polar surface area (TPSA) is 66.5 Å². The quantitative estimate of drug-likeness (QED) is 0.803. The number of nitrogens with two attached hydrogens (primary N) is 1. The summed E-state index contributed by atoms with van der Waals surface area (Å²) in [5.74, 6) is 2.03. The Balaban J connectivity index is 1.95. The molecule has 0 aromatic heterocycles. The van der Waals surface area contributed by atoms with Gasteiger partial charge in [0.1, 0.15) is 5.75 Å². The minimum absolute atomic E-state index is 0.0189. The zero-order valence-electron chi connectivity index (χ0n) is 13.8. The van der Waals surface area contributed by atoms with E-state index in [9.17, 15) is 10.2 Å². The highest BCUT2D eigenvalue weighted by atomic mass is 16.3. The molecule has 1 aromatic rings. The van der Waals surface area contributed by atoms with Crippen molar-refractivity contribution in [1.82, 2.24) is 0 Å². The molecule has 0 spiro atoms. The molecule has 122 valence electrons. The number of hydrogen-bond donors (Lipinski definition) is 3. The van der Waals surface area contributed by atoms with E-state index >= 15 is 0 Å². The molecule has 0 radical (unpaired) electrons. The number of aryl methyl sites for hydroxylation is 1. The van der Waals surface area contributed by atoms with Crippen molar-refractivity contribution in [3.05, 3.63) is 29.3 Å². The SMILES string of the molecule is C[C@@H](O)[C@@]1(C)CC[C@@H]2c3ccc(O)cc3CC[C@H]2[C@@H]1CCN. The first-order valence-corrected chi connectivity index (χ1v) is 8.67. The number of fused-ring (bicyclic) bond motifs is 3. The first-order chi connectivity index (χ1) is 10.5. The van der Waals surface area contributed by atoms with Crippen molar-refractivity contribution < 1.29 is 10.2 Å². The van der Waals surface area contributed by atoms with Crippen LogP contribution >= 0.6 is 0 Å². The summed E-state index contributed by atoms with van der Waals surface area (Å²) >= 11 is 0. The molecule has 1 aromatic carbocycles. The summed E-state index contributed by atoms with van der Waals surface area (Å²) in [6.45, 7) is 4.89. The number of rotatable bonds is 3. The van der Waals surface area contributed by atoms with E-state index in [2.05, 4.69) is 13.0 Å². The number of hydrogen-bond acceptors (Lipinski definition) is 3. The van der Waals surface area contributed by atoms with E-state index in [1.165, 1.54) is 11.1 Å². The van der Waals surface area contributed by atoms with Crippen LogP contribution in [0.25, 0.3) is 0 Å². The predicted molar refractivity (Wildman–Crippen MR) is 88.8 cm³/mol. The van der Waals surface area contributed by atoms with Crippen LogP contribution in [0.15, 0.2) is 18.2 Å². The molecule has 4 N–H and O–H groups in total. The molecule has 0 bridgehead atoms. The summed E-state index contributed by atoms with van der Waals surface area (Å²) in [4.78, 5) is 0. The lowest BCUT2D eigenvalue weighted by Gasteiger charge is -2.53. The fraction of sp³-hybridized carbons (Fsp3) is 0.684. The molecule has 0 heterocycles. The Bertz CT molecular complexity index is 542. The van der Waals surface area contributed by atoms with Gasteiger partial charge in [0, 0.05) is 0 Å². The number of benzene rings is 1. The maximum absolute atomic E-state index is 10.4. The Morgan fingerprint density at radius 1 is 1.36 bits per heavy atom. The molecular formula is C19H29NO2. The molecular weight excluding hydrogens is 274 g/mol. The summed E-state index contributed by atoms with van der Waals surface area (Å²) in [6.07, 6.45) is 5.07. The second kappa shape index (κ2) is 5.86. The van der Waals surface area contributed by atoms with Crippen molar-refractivity contribution in [2.24, 2.45) is 23.0 Å². The maximum Gasteiger partial charge on any atom is 0.115 e. The molecule has 2 aliphatic rings. The molecule has 2 aliphatic carbocycles. The summed E-state index contributed by atoms with van der Waals surface area (Å²) in [6, 6.07) is 5.87. The van der Waals surface area contributed by atoms with Gasteiger partial charge in [0.05, 0.1) is 6.10 Å². The van der Waals surface area contributed by atoms with Crippen LogP contribution in [-0.2, 0) is 6.42 Å². The molecule has 3 nitrogen and oxygen atoms in total. The van der Waals surface area contributed by atoms with Crippen molar-refractivity contribution in [3.63, 3.8) is 0 Å². The second-order valence-electron chi connectivity index (χ2n) is 7.60. The lowest BCUT2D eigenvalue weighted by Crippen LogP contribution is -2.48. The molecule has 0 aliphatic heterocycles. The summed E-state index contributed by atoms with van der Waals surface area (Å²) in [5.41, 5.74) is 8.62. The van der Waals surface area contributed by atoms with Gasteiger partial charge in [0.15, 0.2) is 0 Å². The highest BCUT2D eigenvalue weighted by Gasteiger charge is 2.49. The highest BCUT2D eigenvalue weighted by Crippen LogP contribution is 2.56. The van der Waals surface area contributed by atoms with Crippen LogP contribution in [0.1, 0.15) is 56.6 Å². The Labute approximate surface area is 133 Å². The van der Waals surface area contributed by atoms with E-state index in [4.69, 9.17) is 5.73 Å². The van der Waals surface area contributed by atoms with Crippen LogP contribution < -0.4 is 5.73 Å². The van der Waals surface area contributed by atoms with Crippen LogP contribution in [0.3, 0.4) is 0 Å². The van der Waals surface area contributed by atoms with Crippen LogP contribution in [0.5, 0.6) is 5.75 Å². The van der Waals surface area contributed by atoms with E-state index in [1.807, 2.05) is 19.1 Å². The van der Waals surface area contributed by atoms with Gasteiger partial charge in [-0.15, -0.1) is 0 Å². The zero-order valence-corrected chi connectivity index (χ0v) is 13.8. The minimum atomic E-state index is -0.286. The minimum Gasteiger partial charge on any atom is -0.508 e. The molecule has 1 fully saturated rings. The maximum atomic E-state index is 10.4. The Hall–Kier alpha value is -1.06. The summed E-state index contributed by atoms with van der Waals surface area (Å²) in [7, 11) is 0. The molecule has 0 amide bonds. The number of aliphatic hydroxyl groups is 1. The molecule has 0 unspecified atom stereocenters. The Morgan fingerprint density at radius 3 is 2.82 bits per heavy atom. The summed E-state index contributed by atoms with van der Waals surface area (Å²) in [5, 5.41) is 20.1. The van der Waals surface area contributed by atoms with Crippen LogP contribution in [-0.4, -0.2) is 22.9 Å². The van der Waals surface area contributed by atoms with Crippen molar-refractivity contribution in [2.45, 2.75) is 58.0 Å². The number of aliphatic hydroxyl groups excluding tert-OH is 1. The van der Waals surface area contributed by atoms with Crippen molar-refractivity contribution >= 4 is 0 Å². The predicted octanol–water partition coefficient (Wildman–Crippen LogP) is 3.18.